The van der Waals surface area contributed by atoms with E-state index in [0.29, 0.717) is 17.6 Å². The van der Waals surface area contributed by atoms with Gasteiger partial charge in [-0.15, -0.1) is 0 Å². The second-order valence-electron chi connectivity index (χ2n) is 5.62. The summed E-state index contributed by atoms with van der Waals surface area (Å²) in [5.41, 5.74) is 5.54. The average Bonchev–Trinajstić information content (AvgIpc) is 2.83. The predicted molar refractivity (Wildman–Crippen MR) is 80.2 cm³/mol. The maximum atomic E-state index is 11.8. The normalized spacial score (nSPS) is 22.3. The Balaban J connectivity index is 1.64. The Morgan fingerprint density at radius 2 is 1.63 bits per heavy atom. The molecule has 2 aliphatic rings. The van der Waals surface area contributed by atoms with Gasteiger partial charge in [0.15, 0.2) is 0 Å². The topological polar surface area (TPSA) is 70.4 Å². The highest BCUT2D eigenvalue weighted by atomic mass is 32.1. The number of nitrogens with two attached hydrogens (primary N) is 1. The molecule has 0 spiro atoms. The maximum Gasteiger partial charge on any atom is 0.315 e. The molecule has 0 aromatic heterocycles. The van der Waals surface area contributed by atoms with Crippen LogP contribution in [0.5, 0.6) is 0 Å². The molecule has 2 fully saturated rings. The van der Waals surface area contributed by atoms with Crippen molar-refractivity contribution in [3.05, 3.63) is 0 Å². The molecular formula is C13H24N4OS. The van der Waals surface area contributed by atoms with Crippen LogP contribution >= 0.6 is 12.2 Å². The molecule has 1 aliphatic heterocycles. The molecule has 6 heteroatoms. The Labute approximate surface area is 120 Å². The smallest absolute Gasteiger partial charge is 0.315 e. The first-order valence-electron chi connectivity index (χ1n) is 7.21. The van der Waals surface area contributed by atoms with Crippen LogP contribution in [0.15, 0.2) is 0 Å². The summed E-state index contributed by atoms with van der Waals surface area (Å²) in [5.74, 6) is 0. The van der Waals surface area contributed by atoms with Crippen LogP contribution in [0.4, 0.5) is 4.79 Å². The SMILES string of the molecule is NC(=S)CN1CCC(NC(=O)NC2CCCC2)CC1. The largest absolute Gasteiger partial charge is 0.392 e. The first-order chi connectivity index (χ1) is 9.13. The van der Waals surface area contributed by atoms with E-state index in [1.54, 1.807) is 0 Å². The monoisotopic (exact) mass is 284 g/mol. The minimum Gasteiger partial charge on any atom is -0.392 e. The lowest BCUT2D eigenvalue weighted by Crippen LogP contribution is -2.50. The number of thiocarbonyl (C=S) groups is 1. The highest BCUT2D eigenvalue weighted by molar-refractivity contribution is 7.80. The minimum absolute atomic E-state index is 0.000282. The molecule has 4 N–H and O–H groups in total. The fraction of sp³-hybridized carbons (Fsp3) is 0.846. The lowest BCUT2D eigenvalue weighted by molar-refractivity contribution is 0.205. The number of urea groups is 1. The summed E-state index contributed by atoms with van der Waals surface area (Å²) >= 11 is 4.91. The van der Waals surface area contributed by atoms with E-state index in [-0.39, 0.29) is 12.1 Å². The third kappa shape index (κ3) is 4.95. The van der Waals surface area contributed by atoms with E-state index < -0.39 is 0 Å². The average molecular weight is 284 g/mol. The lowest BCUT2D eigenvalue weighted by atomic mass is 10.1. The summed E-state index contributed by atoms with van der Waals surface area (Å²) in [7, 11) is 0. The van der Waals surface area contributed by atoms with Crippen molar-refractivity contribution in [2.75, 3.05) is 19.6 Å². The summed E-state index contributed by atoms with van der Waals surface area (Å²) < 4.78 is 0. The summed E-state index contributed by atoms with van der Waals surface area (Å²) in [4.78, 5) is 14.6. The molecule has 0 aromatic carbocycles. The number of carbonyl (C=O) groups excluding carboxylic acids is 1. The van der Waals surface area contributed by atoms with Gasteiger partial charge in [0.2, 0.25) is 0 Å². The number of nitrogens with one attached hydrogen (secondary N) is 2. The van der Waals surface area contributed by atoms with Crippen molar-refractivity contribution >= 4 is 23.2 Å². The highest BCUT2D eigenvalue weighted by Crippen LogP contribution is 2.17. The molecule has 19 heavy (non-hydrogen) atoms. The Bertz CT molecular complexity index is 323. The second kappa shape index (κ2) is 7.05. The van der Waals surface area contributed by atoms with Gasteiger partial charge in [0.25, 0.3) is 0 Å². The second-order valence-corrected chi connectivity index (χ2v) is 6.14. The molecular weight excluding hydrogens is 260 g/mol. The first-order valence-corrected chi connectivity index (χ1v) is 7.62. The Hall–Kier alpha value is -0.880. The van der Waals surface area contributed by atoms with Crippen LogP contribution < -0.4 is 16.4 Å². The molecule has 2 amide bonds. The standard InChI is InChI=1S/C13H24N4OS/c14-12(19)9-17-7-5-11(6-8-17)16-13(18)15-10-3-1-2-4-10/h10-11H,1-9H2,(H2,14,19)(H2,15,16,18). The highest BCUT2D eigenvalue weighted by Gasteiger charge is 2.22. The van der Waals surface area contributed by atoms with Gasteiger partial charge < -0.3 is 16.4 Å². The van der Waals surface area contributed by atoms with E-state index >= 15 is 0 Å². The molecule has 1 aliphatic carbocycles. The van der Waals surface area contributed by atoms with E-state index in [0.717, 1.165) is 38.8 Å². The molecule has 1 saturated heterocycles. The van der Waals surface area contributed by atoms with Gasteiger partial charge in [-0.3, -0.25) is 4.90 Å². The van der Waals surface area contributed by atoms with E-state index in [9.17, 15) is 4.79 Å². The Kier molecular flexibility index (Phi) is 5.39. The van der Waals surface area contributed by atoms with Gasteiger partial charge in [-0.1, -0.05) is 25.1 Å². The van der Waals surface area contributed by atoms with Crippen LogP contribution in [0.2, 0.25) is 0 Å². The molecule has 0 aromatic rings. The summed E-state index contributed by atoms with van der Waals surface area (Å²) in [6.45, 7) is 2.59. The van der Waals surface area contributed by atoms with Crippen molar-refractivity contribution in [3.63, 3.8) is 0 Å². The van der Waals surface area contributed by atoms with Crippen LogP contribution in [0.3, 0.4) is 0 Å². The number of rotatable bonds is 4. The number of nitrogens with zero attached hydrogens (tertiary/aromatic N) is 1. The third-order valence-corrected chi connectivity index (χ3v) is 4.12. The van der Waals surface area contributed by atoms with E-state index in [1.807, 2.05) is 0 Å². The Morgan fingerprint density at radius 1 is 1.11 bits per heavy atom. The quantitative estimate of drug-likeness (QED) is 0.673. The molecule has 5 nitrogen and oxygen atoms in total. The van der Waals surface area contributed by atoms with Crippen LogP contribution in [0.1, 0.15) is 38.5 Å². The predicted octanol–water partition coefficient (Wildman–Crippen LogP) is 0.979. The Morgan fingerprint density at radius 3 is 2.16 bits per heavy atom. The van der Waals surface area contributed by atoms with Crippen molar-refractivity contribution in [2.45, 2.75) is 50.6 Å². The fourth-order valence-electron chi connectivity index (χ4n) is 2.94. The number of likely N-dealkylation sites (tertiary alicyclic amines) is 1. The summed E-state index contributed by atoms with van der Waals surface area (Å²) in [6.07, 6.45) is 6.67. The number of amides is 2. The fourth-order valence-corrected chi connectivity index (χ4v) is 3.12. The van der Waals surface area contributed by atoms with Gasteiger partial charge in [0, 0.05) is 31.7 Å². The van der Waals surface area contributed by atoms with Crippen LogP contribution in [0.25, 0.3) is 0 Å². The van der Waals surface area contributed by atoms with Crippen molar-refractivity contribution in [1.29, 1.82) is 0 Å². The molecule has 0 radical (unpaired) electrons. The minimum atomic E-state index is -0.000282. The van der Waals surface area contributed by atoms with Crippen LogP contribution in [-0.2, 0) is 0 Å². The maximum absolute atomic E-state index is 11.8. The van der Waals surface area contributed by atoms with E-state index in [1.165, 1.54) is 12.8 Å². The molecule has 1 saturated carbocycles. The molecule has 0 bridgehead atoms. The number of piperidine rings is 1. The number of carbonyl (C=O) groups is 1. The van der Waals surface area contributed by atoms with Gasteiger partial charge in [0.05, 0.1) is 4.99 Å². The third-order valence-electron chi connectivity index (χ3n) is 3.99. The summed E-state index contributed by atoms with van der Waals surface area (Å²) in [5, 5.41) is 6.14. The lowest BCUT2D eigenvalue weighted by Gasteiger charge is -2.32. The van der Waals surface area contributed by atoms with Gasteiger partial charge in [0.1, 0.15) is 0 Å². The van der Waals surface area contributed by atoms with Crippen molar-refractivity contribution in [1.82, 2.24) is 15.5 Å². The van der Waals surface area contributed by atoms with Crippen molar-refractivity contribution < 1.29 is 4.79 Å². The van der Waals surface area contributed by atoms with Crippen molar-refractivity contribution in [2.24, 2.45) is 5.73 Å². The molecule has 0 unspecified atom stereocenters. The van der Waals surface area contributed by atoms with E-state index in [4.69, 9.17) is 18.0 Å². The van der Waals surface area contributed by atoms with Gasteiger partial charge >= 0.3 is 6.03 Å². The summed E-state index contributed by atoms with van der Waals surface area (Å²) in [6, 6.07) is 0.665. The van der Waals surface area contributed by atoms with Crippen LogP contribution in [0, 0.1) is 0 Å². The van der Waals surface area contributed by atoms with Gasteiger partial charge in [-0.05, 0) is 25.7 Å². The molecule has 0 atom stereocenters. The molecule has 108 valence electrons. The zero-order chi connectivity index (χ0) is 13.7. The molecule has 2 rings (SSSR count). The number of hydrogen-bond acceptors (Lipinski definition) is 3. The molecule has 1 heterocycles. The first kappa shape index (κ1) is 14.5. The van der Waals surface area contributed by atoms with Crippen molar-refractivity contribution in [3.8, 4) is 0 Å². The van der Waals surface area contributed by atoms with Gasteiger partial charge in [-0.2, -0.15) is 0 Å². The zero-order valence-electron chi connectivity index (χ0n) is 11.4. The van der Waals surface area contributed by atoms with Gasteiger partial charge in [-0.25, -0.2) is 4.79 Å². The van der Waals surface area contributed by atoms with E-state index in [2.05, 4.69) is 15.5 Å². The van der Waals surface area contributed by atoms with Crippen LogP contribution in [-0.4, -0.2) is 47.6 Å². The zero-order valence-corrected chi connectivity index (χ0v) is 12.2. The number of hydrogen-bond donors (Lipinski definition) is 3.